The predicted molar refractivity (Wildman–Crippen MR) is 59.0 cm³/mol. The summed E-state index contributed by atoms with van der Waals surface area (Å²) in [4.78, 5) is 0. The van der Waals surface area contributed by atoms with Crippen molar-refractivity contribution in [1.29, 1.82) is 0 Å². The summed E-state index contributed by atoms with van der Waals surface area (Å²) in [6.07, 6.45) is 0.00235. The Morgan fingerprint density at radius 3 is 2.87 bits per heavy atom. The molecule has 0 aliphatic heterocycles. The third-order valence-electron chi connectivity index (χ3n) is 2.02. The maximum Gasteiger partial charge on any atom is 0.104 e. The molecule has 3 nitrogen and oxygen atoms in total. The van der Waals surface area contributed by atoms with Crippen LogP contribution in [0.5, 0.6) is 0 Å². The second kappa shape index (κ2) is 6.20. The molecule has 0 spiro atoms. The Kier molecular flexibility index (Phi) is 4.85. The van der Waals surface area contributed by atoms with E-state index in [0.717, 1.165) is 11.1 Å². The fourth-order valence-electron chi connectivity index (χ4n) is 1.29. The number of benzene rings is 1. The normalized spacial score (nSPS) is 11.7. The molecule has 0 saturated heterocycles. The van der Waals surface area contributed by atoms with Gasteiger partial charge in [-0.15, -0.1) is 0 Å². The van der Waals surface area contributed by atoms with Crippen molar-refractivity contribution in [2.24, 2.45) is 5.73 Å². The van der Waals surface area contributed by atoms with Gasteiger partial charge in [0, 0.05) is 5.56 Å². The van der Waals surface area contributed by atoms with Gasteiger partial charge in [0.05, 0.1) is 6.10 Å². The van der Waals surface area contributed by atoms with E-state index in [0.29, 0.717) is 13.0 Å². The Hall–Kier alpha value is -1.34. The van der Waals surface area contributed by atoms with Crippen molar-refractivity contribution in [3.63, 3.8) is 0 Å². The molecule has 1 aromatic rings. The van der Waals surface area contributed by atoms with E-state index in [-0.39, 0.29) is 6.61 Å². The fraction of sp³-hybridized carbons (Fsp3) is 0.333. The van der Waals surface area contributed by atoms with Crippen LogP contribution in [0, 0.1) is 11.8 Å². The number of hydrogen-bond acceptors (Lipinski definition) is 3. The maximum absolute atomic E-state index is 9.69. The van der Waals surface area contributed by atoms with Crippen molar-refractivity contribution in [2.45, 2.75) is 12.5 Å². The largest absolute Gasteiger partial charge is 0.388 e. The SMILES string of the molecule is NCCC(O)c1cccc(C#CCO)c1. The van der Waals surface area contributed by atoms with Crippen molar-refractivity contribution < 1.29 is 10.2 Å². The fourth-order valence-corrected chi connectivity index (χ4v) is 1.29. The summed E-state index contributed by atoms with van der Waals surface area (Å²) in [5.41, 5.74) is 6.96. The van der Waals surface area contributed by atoms with Gasteiger partial charge in [0.1, 0.15) is 6.61 Å². The molecule has 0 amide bonds. The molecule has 80 valence electrons. The number of aliphatic hydroxyl groups is 2. The number of nitrogens with two attached hydrogens (primary N) is 1. The molecule has 0 fully saturated rings. The maximum atomic E-state index is 9.69. The highest BCUT2D eigenvalue weighted by molar-refractivity contribution is 5.37. The lowest BCUT2D eigenvalue weighted by Crippen LogP contribution is -2.06. The van der Waals surface area contributed by atoms with Crippen LogP contribution in [-0.4, -0.2) is 23.4 Å². The Morgan fingerprint density at radius 1 is 1.40 bits per heavy atom. The van der Waals surface area contributed by atoms with Gasteiger partial charge in [-0.2, -0.15) is 0 Å². The molecule has 1 rings (SSSR count). The molecule has 1 atom stereocenters. The molecule has 15 heavy (non-hydrogen) atoms. The molecule has 0 aliphatic rings. The molecule has 1 aromatic carbocycles. The smallest absolute Gasteiger partial charge is 0.104 e. The van der Waals surface area contributed by atoms with E-state index in [1.54, 1.807) is 0 Å². The monoisotopic (exact) mass is 205 g/mol. The van der Waals surface area contributed by atoms with Crippen molar-refractivity contribution >= 4 is 0 Å². The Balaban J connectivity index is 2.82. The highest BCUT2D eigenvalue weighted by Crippen LogP contribution is 2.16. The van der Waals surface area contributed by atoms with E-state index in [4.69, 9.17) is 10.8 Å². The Morgan fingerprint density at radius 2 is 2.20 bits per heavy atom. The second-order valence-corrected chi connectivity index (χ2v) is 3.18. The minimum absolute atomic E-state index is 0.157. The third kappa shape index (κ3) is 3.72. The molecule has 0 radical (unpaired) electrons. The highest BCUT2D eigenvalue weighted by atomic mass is 16.3. The van der Waals surface area contributed by atoms with Gasteiger partial charge >= 0.3 is 0 Å². The van der Waals surface area contributed by atoms with Gasteiger partial charge in [0.25, 0.3) is 0 Å². The topological polar surface area (TPSA) is 66.5 Å². The second-order valence-electron chi connectivity index (χ2n) is 3.18. The van der Waals surface area contributed by atoms with Crippen LogP contribution in [-0.2, 0) is 0 Å². The van der Waals surface area contributed by atoms with E-state index < -0.39 is 6.10 Å². The zero-order valence-electron chi connectivity index (χ0n) is 8.48. The van der Waals surface area contributed by atoms with Crippen molar-refractivity contribution in [2.75, 3.05) is 13.2 Å². The standard InChI is InChI=1S/C12H15NO2/c13-7-6-12(15)11-5-1-3-10(9-11)4-2-8-14/h1,3,5,9,12,14-15H,6-8,13H2. The van der Waals surface area contributed by atoms with Gasteiger partial charge in [-0.1, -0.05) is 24.0 Å². The van der Waals surface area contributed by atoms with E-state index in [2.05, 4.69) is 11.8 Å². The quantitative estimate of drug-likeness (QED) is 0.626. The third-order valence-corrected chi connectivity index (χ3v) is 2.02. The Labute approximate surface area is 89.5 Å². The summed E-state index contributed by atoms with van der Waals surface area (Å²) in [6.45, 7) is 0.295. The summed E-state index contributed by atoms with van der Waals surface area (Å²) in [5.74, 6) is 5.35. The van der Waals surface area contributed by atoms with E-state index >= 15 is 0 Å². The molecule has 1 unspecified atom stereocenters. The summed E-state index contributed by atoms with van der Waals surface area (Å²) in [6, 6.07) is 7.31. The van der Waals surface area contributed by atoms with Gasteiger partial charge in [0.15, 0.2) is 0 Å². The van der Waals surface area contributed by atoms with E-state index in [9.17, 15) is 5.11 Å². The van der Waals surface area contributed by atoms with Crippen LogP contribution in [0.3, 0.4) is 0 Å². The minimum Gasteiger partial charge on any atom is -0.388 e. The van der Waals surface area contributed by atoms with Crippen molar-refractivity contribution in [3.05, 3.63) is 35.4 Å². The molecule has 0 aromatic heterocycles. The molecule has 3 heteroatoms. The first-order chi connectivity index (χ1) is 7.27. The molecular formula is C12H15NO2. The molecule has 0 aliphatic carbocycles. The number of aliphatic hydroxyl groups excluding tert-OH is 2. The lowest BCUT2D eigenvalue weighted by atomic mass is 10.0. The van der Waals surface area contributed by atoms with Gasteiger partial charge in [-0.3, -0.25) is 0 Å². The first kappa shape index (κ1) is 11.7. The van der Waals surface area contributed by atoms with Crippen molar-refractivity contribution in [1.82, 2.24) is 0 Å². The molecule has 4 N–H and O–H groups in total. The summed E-state index contributed by atoms with van der Waals surface area (Å²) in [5, 5.41) is 18.2. The highest BCUT2D eigenvalue weighted by Gasteiger charge is 2.05. The van der Waals surface area contributed by atoms with Crippen LogP contribution in [0.25, 0.3) is 0 Å². The van der Waals surface area contributed by atoms with Gasteiger partial charge in [-0.05, 0) is 30.7 Å². The zero-order chi connectivity index (χ0) is 11.1. The number of hydrogen-bond donors (Lipinski definition) is 3. The predicted octanol–water partition coefficient (Wildman–Crippen LogP) is 0.413. The van der Waals surface area contributed by atoms with E-state index in [1.807, 2.05) is 24.3 Å². The van der Waals surface area contributed by atoms with Gasteiger partial charge in [0.2, 0.25) is 0 Å². The molecule has 0 bridgehead atoms. The van der Waals surface area contributed by atoms with Crippen LogP contribution in [0.15, 0.2) is 24.3 Å². The van der Waals surface area contributed by atoms with Crippen molar-refractivity contribution in [3.8, 4) is 11.8 Å². The van der Waals surface area contributed by atoms with Crippen LogP contribution < -0.4 is 5.73 Å². The Bertz CT molecular complexity index is 365. The number of rotatable bonds is 3. The average molecular weight is 205 g/mol. The van der Waals surface area contributed by atoms with Gasteiger partial charge < -0.3 is 15.9 Å². The lowest BCUT2D eigenvalue weighted by molar-refractivity contribution is 0.170. The zero-order valence-corrected chi connectivity index (χ0v) is 8.48. The summed E-state index contributed by atoms with van der Waals surface area (Å²) < 4.78 is 0. The molecular weight excluding hydrogens is 190 g/mol. The summed E-state index contributed by atoms with van der Waals surface area (Å²) >= 11 is 0. The summed E-state index contributed by atoms with van der Waals surface area (Å²) in [7, 11) is 0. The average Bonchev–Trinajstić information content (AvgIpc) is 2.27. The minimum atomic E-state index is -0.536. The van der Waals surface area contributed by atoms with E-state index in [1.165, 1.54) is 0 Å². The molecule has 0 saturated carbocycles. The molecule has 0 heterocycles. The van der Waals surface area contributed by atoms with Crippen LogP contribution in [0.4, 0.5) is 0 Å². The first-order valence-electron chi connectivity index (χ1n) is 4.85. The lowest BCUT2D eigenvalue weighted by Gasteiger charge is -2.09. The van der Waals surface area contributed by atoms with Crippen LogP contribution in [0.2, 0.25) is 0 Å². The first-order valence-corrected chi connectivity index (χ1v) is 4.85. The van der Waals surface area contributed by atoms with Crippen LogP contribution >= 0.6 is 0 Å². The van der Waals surface area contributed by atoms with Gasteiger partial charge in [-0.25, -0.2) is 0 Å². The van der Waals surface area contributed by atoms with Crippen LogP contribution in [0.1, 0.15) is 23.7 Å².